The normalized spacial score (nSPS) is 10.3. The summed E-state index contributed by atoms with van der Waals surface area (Å²) in [5.74, 6) is -0.203. The van der Waals surface area contributed by atoms with Crippen molar-refractivity contribution in [3.63, 3.8) is 0 Å². The molecule has 0 unspecified atom stereocenters. The van der Waals surface area contributed by atoms with Gasteiger partial charge in [-0.3, -0.25) is 0 Å². The van der Waals surface area contributed by atoms with Gasteiger partial charge in [0.25, 0.3) is 0 Å². The lowest BCUT2D eigenvalue weighted by molar-refractivity contribution is 0.395. The quantitative estimate of drug-likeness (QED) is 0.695. The molecule has 0 aliphatic rings. The van der Waals surface area contributed by atoms with Crippen LogP contribution in [-0.4, -0.2) is 29.4 Å². The molecule has 1 heterocycles. The van der Waals surface area contributed by atoms with Gasteiger partial charge in [-0.2, -0.15) is 10.1 Å². The Kier molecular flexibility index (Phi) is 5.07. The second-order valence-corrected chi connectivity index (χ2v) is 5.11. The Bertz CT molecular complexity index is 923. The molecule has 26 heavy (non-hydrogen) atoms. The first-order valence-electron chi connectivity index (χ1n) is 7.50. The van der Waals surface area contributed by atoms with Gasteiger partial charge >= 0.3 is 0 Å². The fraction of sp³-hybridized carbons (Fsp3) is 0.118. The van der Waals surface area contributed by atoms with E-state index in [0.717, 1.165) is 12.1 Å². The smallest absolute Gasteiger partial charge is 0.249 e. The predicted octanol–water partition coefficient (Wildman–Crippen LogP) is 3.65. The number of aromatic nitrogens is 3. The maximum atomic E-state index is 13.3. The highest BCUT2D eigenvalue weighted by molar-refractivity contribution is 5.66. The van der Waals surface area contributed by atoms with E-state index in [2.05, 4.69) is 25.8 Å². The molecular weight excluding hydrogens is 344 g/mol. The van der Waals surface area contributed by atoms with Crippen LogP contribution in [-0.2, 0) is 0 Å². The monoisotopic (exact) mass is 359 g/mol. The minimum absolute atomic E-state index is 0.119. The summed E-state index contributed by atoms with van der Waals surface area (Å²) < 4.78 is 36.7. The Morgan fingerprint density at radius 1 is 0.923 bits per heavy atom. The van der Waals surface area contributed by atoms with E-state index in [1.807, 2.05) is 0 Å². The molecule has 2 N–H and O–H groups in total. The molecule has 0 saturated heterocycles. The second-order valence-electron chi connectivity index (χ2n) is 5.11. The molecule has 3 aromatic rings. The van der Waals surface area contributed by atoms with Crippen LogP contribution >= 0.6 is 0 Å². The van der Waals surface area contributed by atoms with E-state index < -0.39 is 11.6 Å². The van der Waals surface area contributed by atoms with Crippen molar-refractivity contribution in [2.24, 2.45) is 0 Å². The highest BCUT2D eigenvalue weighted by Gasteiger charge is 2.09. The summed E-state index contributed by atoms with van der Waals surface area (Å²) in [7, 11) is 3.10. The van der Waals surface area contributed by atoms with E-state index in [0.29, 0.717) is 28.7 Å². The zero-order valence-corrected chi connectivity index (χ0v) is 14.0. The lowest BCUT2D eigenvalue weighted by atomic mass is 10.2. The van der Waals surface area contributed by atoms with Crippen molar-refractivity contribution >= 4 is 23.1 Å². The molecule has 0 atom stereocenters. The number of methoxy groups -OCH3 is 2. The van der Waals surface area contributed by atoms with Crippen LogP contribution in [0.1, 0.15) is 0 Å². The van der Waals surface area contributed by atoms with Crippen LogP contribution < -0.4 is 20.1 Å². The molecule has 0 spiro atoms. The van der Waals surface area contributed by atoms with E-state index >= 15 is 0 Å². The maximum absolute atomic E-state index is 13.3. The number of anilines is 4. The van der Waals surface area contributed by atoms with Crippen molar-refractivity contribution < 1.29 is 18.3 Å². The van der Waals surface area contributed by atoms with Crippen LogP contribution in [0.25, 0.3) is 0 Å². The van der Waals surface area contributed by atoms with E-state index in [1.165, 1.54) is 19.4 Å². The molecule has 0 aliphatic carbocycles. The van der Waals surface area contributed by atoms with Crippen LogP contribution in [0, 0.1) is 11.6 Å². The summed E-state index contributed by atoms with van der Waals surface area (Å²) in [6.45, 7) is 0. The molecule has 0 saturated carbocycles. The summed E-state index contributed by atoms with van der Waals surface area (Å²) in [4.78, 5) is 4.23. The first-order valence-corrected chi connectivity index (χ1v) is 7.50. The highest BCUT2D eigenvalue weighted by Crippen LogP contribution is 2.31. The zero-order valence-electron chi connectivity index (χ0n) is 14.0. The van der Waals surface area contributed by atoms with Crippen molar-refractivity contribution in [3.05, 3.63) is 54.2 Å². The molecule has 3 rings (SSSR count). The summed E-state index contributed by atoms with van der Waals surface area (Å²) in [6, 6.07) is 8.63. The third-order valence-electron chi connectivity index (χ3n) is 3.41. The zero-order chi connectivity index (χ0) is 18.5. The number of benzene rings is 2. The van der Waals surface area contributed by atoms with Gasteiger partial charge in [0.05, 0.1) is 26.1 Å². The number of rotatable bonds is 6. The van der Waals surface area contributed by atoms with Crippen molar-refractivity contribution in [3.8, 4) is 11.5 Å². The van der Waals surface area contributed by atoms with Crippen molar-refractivity contribution in [2.75, 3.05) is 24.9 Å². The molecule has 1 aromatic heterocycles. The number of hydrogen-bond acceptors (Lipinski definition) is 7. The van der Waals surface area contributed by atoms with Gasteiger partial charge in [0, 0.05) is 17.8 Å². The largest absolute Gasteiger partial charge is 0.497 e. The van der Waals surface area contributed by atoms with Gasteiger partial charge in [-0.25, -0.2) is 8.78 Å². The summed E-state index contributed by atoms with van der Waals surface area (Å²) in [5.41, 5.74) is 0.942. The number of halogens is 2. The van der Waals surface area contributed by atoms with Crippen LogP contribution in [0.5, 0.6) is 11.5 Å². The van der Waals surface area contributed by atoms with Crippen LogP contribution in [0.15, 0.2) is 42.6 Å². The van der Waals surface area contributed by atoms with Crippen LogP contribution in [0.2, 0.25) is 0 Å². The fourth-order valence-corrected chi connectivity index (χ4v) is 2.16. The van der Waals surface area contributed by atoms with Gasteiger partial charge in [-0.15, -0.1) is 5.10 Å². The highest BCUT2D eigenvalue weighted by atomic mass is 19.2. The molecule has 0 fully saturated rings. The third-order valence-corrected chi connectivity index (χ3v) is 3.41. The maximum Gasteiger partial charge on any atom is 0.249 e. The molecule has 7 nitrogen and oxygen atoms in total. The Morgan fingerprint density at radius 2 is 1.77 bits per heavy atom. The first kappa shape index (κ1) is 17.3. The lowest BCUT2D eigenvalue weighted by Crippen LogP contribution is -2.03. The fourth-order valence-electron chi connectivity index (χ4n) is 2.16. The Morgan fingerprint density at radius 3 is 2.50 bits per heavy atom. The summed E-state index contributed by atoms with van der Waals surface area (Å²) in [6.07, 6.45) is 1.42. The van der Waals surface area contributed by atoms with E-state index in [-0.39, 0.29) is 5.95 Å². The third kappa shape index (κ3) is 3.94. The molecule has 9 heteroatoms. The minimum atomic E-state index is -0.972. The number of ether oxygens (including phenoxy) is 2. The standard InChI is InChI=1S/C17H15F2N5O2/c1-25-11-4-6-14(15(8-11)26-2)22-16-9-20-24-17(23-16)21-10-3-5-12(18)13(19)7-10/h3-9H,1-2H3,(H2,21,22,23,24). The number of hydrogen-bond donors (Lipinski definition) is 2. The van der Waals surface area contributed by atoms with Crippen molar-refractivity contribution in [1.29, 1.82) is 0 Å². The van der Waals surface area contributed by atoms with E-state index in [1.54, 1.807) is 25.3 Å². The summed E-state index contributed by atoms with van der Waals surface area (Å²) >= 11 is 0. The Balaban J connectivity index is 1.80. The van der Waals surface area contributed by atoms with Gasteiger partial charge in [-0.05, 0) is 24.3 Å². The molecule has 0 aliphatic heterocycles. The molecule has 0 amide bonds. The second kappa shape index (κ2) is 7.60. The van der Waals surface area contributed by atoms with E-state index in [9.17, 15) is 8.78 Å². The number of nitrogens with one attached hydrogen (secondary N) is 2. The van der Waals surface area contributed by atoms with Crippen molar-refractivity contribution in [1.82, 2.24) is 15.2 Å². The number of nitrogens with zero attached hydrogens (tertiary/aromatic N) is 3. The van der Waals surface area contributed by atoms with Gasteiger partial charge in [0.1, 0.15) is 11.5 Å². The molecule has 0 bridgehead atoms. The summed E-state index contributed by atoms with van der Waals surface area (Å²) in [5, 5.41) is 13.5. The first-order chi connectivity index (χ1) is 12.6. The Hall–Kier alpha value is -3.49. The lowest BCUT2D eigenvalue weighted by Gasteiger charge is -2.12. The topological polar surface area (TPSA) is 81.2 Å². The molecular formula is C17H15F2N5O2. The molecule has 2 aromatic carbocycles. The molecule has 0 radical (unpaired) electrons. The van der Waals surface area contributed by atoms with Gasteiger partial charge in [0.2, 0.25) is 5.95 Å². The SMILES string of the molecule is COc1ccc(Nc2cnnc(Nc3ccc(F)c(F)c3)n2)c(OC)c1. The van der Waals surface area contributed by atoms with Gasteiger partial charge in [0.15, 0.2) is 17.5 Å². The van der Waals surface area contributed by atoms with Gasteiger partial charge in [-0.1, -0.05) is 0 Å². The van der Waals surface area contributed by atoms with Crippen molar-refractivity contribution in [2.45, 2.75) is 0 Å². The van der Waals surface area contributed by atoms with Crippen LogP contribution in [0.4, 0.5) is 31.9 Å². The predicted molar refractivity (Wildman–Crippen MR) is 92.3 cm³/mol. The van der Waals surface area contributed by atoms with E-state index in [4.69, 9.17) is 9.47 Å². The minimum Gasteiger partial charge on any atom is -0.497 e. The van der Waals surface area contributed by atoms with Gasteiger partial charge < -0.3 is 20.1 Å². The van der Waals surface area contributed by atoms with Crippen LogP contribution in [0.3, 0.4) is 0 Å². The average Bonchev–Trinajstić information content (AvgIpc) is 2.65. The average molecular weight is 359 g/mol. The molecule has 134 valence electrons. The Labute approximate surface area is 148 Å².